The fourth-order valence-electron chi connectivity index (χ4n) is 3.17. The summed E-state index contributed by atoms with van der Waals surface area (Å²) in [6.07, 6.45) is 0. The highest BCUT2D eigenvalue weighted by Gasteiger charge is 2.13. The minimum atomic E-state index is -0.213. The number of amides is 1. The van der Waals surface area contributed by atoms with E-state index in [-0.39, 0.29) is 5.91 Å². The van der Waals surface area contributed by atoms with Gasteiger partial charge in [-0.15, -0.1) is 0 Å². The monoisotopic (exact) mass is 357 g/mol. The third-order valence-corrected chi connectivity index (χ3v) is 4.52. The van der Waals surface area contributed by atoms with Crippen molar-refractivity contribution in [2.75, 3.05) is 12.4 Å². The van der Waals surface area contributed by atoms with E-state index in [4.69, 9.17) is 9.72 Å². The van der Waals surface area contributed by atoms with E-state index in [1.54, 1.807) is 19.2 Å². The number of imidazole rings is 1. The van der Waals surface area contributed by atoms with Crippen molar-refractivity contribution in [2.24, 2.45) is 7.05 Å². The molecule has 0 saturated carbocycles. The number of nitrogens with zero attached hydrogens (tertiary/aromatic N) is 2. The third-order valence-electron chi connectivity index (χ3n) is 4.52. The zero-order chi connectivity index (χ0) is 18.8. The molecule has 0 radical (unpaired) electrons. The molecule has 27 heavy (non-hydrogen) atoms. The van der Waals surface area contributed by atoms with Crippen LogP contribution in [0.25, 0.3) is 22.4 Å². The fraction of sp³-hybridized carbons (Fsp3) is 0.0909. The lowest BCUT2D eigenvalue weighted by atomic mass is 10.1. The van der Waals surface area contributed by atoms with Crippen molar-refractivity contribution < 1.29 is 9.53 Å². The van der Waals surface area contributed by atoms with Crippen molar-refractivity contribution in [3.63, 3.8) is 0 Å². The molecule has 0 atom stereocenters. The Morgan fingerprint density at radius 3 is 2.59 bits per heavy atom. The lowest BCUT2D eigenvalue weighted by molar-refractivity contribution is 0.102. The van der Waals surface area contributed by atoms with Gasteiger partial charge in [-0.2, -0.15) is 0 Å². The van der Waals surface area contributed by atoms with Crippen LogP contribution in [-0.2, 0) is 7.05 Å². The number of aryl methyl sites for hydroxylation is 1. The van der Waals surface area contributed by atoms with Crippen LogP contribution in [0.5, 0.6) is 5.75 Å². The summed E-state index contributed by atoms with van der Waals surface area (Å²) < 4.78 is 7.32. The Labute approximate surface area is 157 Å². The number of nitrogens with one attached hydrogen (secondary N) is 1. The number of benzene rings is 3. The number of hydrogen-bond acceptors (Lipinski definition) is 3. The van der Waals surface area contributed by atoms with Crippen molar-refractivity contribution in [1.29, 1.82) is 0 Å². The maximum Gasteiger partial charge on any atom is 0.259 e. The number of para-hydroxylation sites is 3. The van der Waals surface area contributed by atoms with E-state index in [0.717, 1.165) is 22.4 Å². The first-order valence-electron chi connectivity index (χ1n) is 8.63. The van der Waals surface area contributed by atoms with E-state index >= 15 is 0 Å². The van der Waals surface area contributed by atoms with Crippen molar-refractivity contribution in [2.45, 2.75) is 0 Å². The Bertz CT molecular complexity index is 1130. The van der Waals surface area contributed by atoms with Gasteiger partial charge < -0.3 is 14.6 Å². The minimum Gasteiger partial charge on any atom is -0.496 e. The van der Waals surface area contributed by atoms with Crippen LogP contribution >= 0.6 is 0 Å². The van der Waals surface area contributed by atoms with Crippen LogP contribution in [0, 0.1) is 0 Å². The van der Waals surface area contributed by atoms with Crippen molar-refractivity contribution in [3.05, 3.63) is 78.4 Å². The molecule has 0 aliphatic rings. The number of ether oxygens (including phenoxy) is 1. The maximum atomic E-state index is 12.6. The summed E-state index contributed by atoms with van der Waals surface area (Å²) >= 11 is 0. The molecule has 0 saturated heterocycles. The van der Waals surface area contributed by atoms with E-state index in [2.05, 4.69) is 9.88 Å². The van der Waals surface area contributed by atoms with Crippen LogP contribution < -0.4 is 10.1 Å². The molecule has 4 rings (SSSR count). The lowest BCUT2D eigenvalue weighted by Gasteiger charge is -2.10. The van der Waals surface area contributed by atoms with Gasteiger partial charge in [-0.05, 0) is 36.4 Å². The molecule has 1 N–H and O–H groups in total. The molecule has 5 heteroatoms. The molecule has 5 nitrogen and oxygen atoms in total. The van der Waals surface area contributed by atoms with Crippen LogP contribution in [0.1, 0.15) is 10.4 Å². The van der Waals surface area contributed by atoms with Gasteiger partial charge in [-0.25, -0.2) is 4.98 Å². The minimum absolute atomic E-state index is 0.213. The number of carbonyl (C=O) groups is 1. The van der Waals surface area contributed by atoms with Crippen molar-refractivity contribution >= 4 is 22.6 Å². The van der Waals surface area contributed by atoms with Gasteiger partial charge in [0.25, 0.3) is 5.91 Å². The van der Waals surface area contributed by atoms with Crippen LogP contribution in [0.4, 0.5) is 5.69 Å². The molecule has 1 amide bonds. The van der Waals surface area contributed by atoms with Crippen LogP contribution in [0.15, 0.2) is 72.8 Å². The topological polar surface area (TPSA) is 56.1 Å². The van der Waals surface area contributed by atoms with E-state index < -0.39 is 0 Å². The molecule has 0 fully saturated rings. The molecule has 134 valence electrons. The van der Waals surface area contributed by atoms with Gasteiger partial charge in [0.15, 0.2) is 0 Å². The zero-order valence-electron chi connectivity index (χ0n) is 15.1. The first kappa shape index (κ1) is 16.8. The van der Waals surface area contributed by atoms with Gasteiger partial charge in [-0.3, -0.25) is 4.79 Å². The normalized spacial score (nSPS) is 10.7. The van der Waals surface area contributed by atoms with E-state index in [0.29, 0.717) is 17.0 Å². The van der Waals surface area contributed by atoms with Crippen LogP contribution in [0.2, 0.25) is 0 Å². The summed E-state index contributed by atoms with van der Waals surface area (Å²) in [7, 11) is 3.54. The molecule has 1 heterocycles. The number of carbonyl (C=O) groups excluding carboxylic acids is 1. The van der Waals surface area contributed by atoms with Gasteiger partial charge >= 0.3 is 0 Å². The van der Waals surface area contributed by atoms with Gasteiger partial charge in [0.1, 0.15) is 11.6 Å². The van der Waals surface area contributed by atoms with E-state index in [9.17, 15) is 4.79 Å². The van der Waals surface area contributed by atoms with Gasteiger partial charge in [0, 0.05) is 18.3 Å². The zero-order valence-corrected chi connectivity index (χ0v) is 15.1. The average molecular weight is 357 g/mol. The molecule has 4 aromatic rings. The van der Waals surface area contributed by atoms with E-state index in [1.807, 2.05) is 67.7 Å². The molecular weight excluding hydrogens is 338 g/mol. The second-order valence-corrected chi connectivity index (χ2v) is 6.22. The standard InChI is InChI=1S/C22H19N3O2/c1-25-19-12-5-4-11-18(19)24-21(25)15-8-7-9-16(14-15)23-22(26)17-10-3-6-13-20(17)27-2/h3-14H,1-2H3,(H,23,26). The van der Waals surface area contributed by atoms with Crippen molar-refractivity contribution in [3.8, 4) is 17.1 Å². The summed E-state index contributed by atoms with van der Waals surface area (Å²) in [4.78, 5) is 17.4. The molecule has 0 aliphatic carbocycles. The summed E-state index contributed by atoms with van der Waals surface area (Å²) in [6.45, 7) is 0. The molecule has 0 unspecified atom stereocenters. The summed E-state index contributed by atoms with van der Waals surface area (Å²) in [5.74, 6) is 1.18. The van der Waals surface area contributed by atoms with Crippen LogP contribution in [-0.4, -0.2) is 22.6 Å². The summed E-state index contributed by atoms with van der Waals surface area (Å²) in [5.41, 5.74) is 4.14. The van der Waals surface area contributed by atoms with Crippen LogP contribution in [0.3, 0.4) is 0 Å². The van der Waals surface area contributed by atoms with Gasteiger partial charge in [0.05, 0.1) is 23.7 Å². The highest BCUT2D eigenvalue weighted by molar-refractivity contribution is 6.06. The third kappa shape index (κ3) is 3.15. The Hall–Kier alpha value is -3.60. The first-order valence-corrected chi connectivity index (χ1v) is 8.63. The molecular formula is C22H19N3O2. The number of fused-ring (bicyclic) bond motifs is 1. The number of anilines is 1. The molecule has 0 bridgehead atoms. The Balaban J connectivity index is 1.66. The quantitative estimate of drug-likeness (QED) is 0.585. The molecule has 0 spiro atoms. The maximum absolute atomic E-state index is 12.6. The fourth-order valence-corrected chi connectivity index (χ4v) is 3.17. The highest BCUT2D eigenvalue weighted by Crippen LogP contribution is 2.26. The van der Waals surface area contributed by atoms with Gasteiger partial charge in [-0.1, -0.05) is 36.4 Å². The smallest absolute Gasteiger partial charge is 0.259 e. The largest absolute Gasteiger partial charge is 0.496 e. The second kappa shape index (κ2) is 6.96. The highest BCUT2D eigenvalue weighted by atomic mass is 16.5. The molecule has 3 aromatic carbocycles. The number of aromatic nitrogens is 2. The van der Waals surface area contributed by atoms with Crippen molar-refractivity contribution in [1.82, 2.24) is 9.55 Å². The van der Waals surface area contributed by atoms with Gasteiger partial charge in [0.2, 0.25) is 0 Å². The number of hydrogen-bond donors (Lipinski definition) is 1. The Morgan fingerprint density at radius 1 is 1.00 bits per heavy atom. The average Bonchev–Trinajstić information content (AvgIpc) is 3.05. The second-order valence-electron chi connectivity index (χ2n) is 6.22. The number of rotatable bonds is 4. The molecule has 1 aromatic heterocycles. The predicted molar refractivity (Wildman–Crippen MR) is 107 cm³/mol. The first-order chi connectivity index (χ1) is 13.2. The number of methoxy groups -OCH3 is 1. The predicted octanol–water partition coefficient (Wildman–Crippen LogP) is 4.50. The lowest BCUT2D eigenvalue weighted by Crippen LogP contribution is -2.13. The SMILES string of the molecule is COc1ccccc1C(=O)Nc1cccc(-c2nc3ccccc3n2C)c1. The summed E-state index contributed by atoms with van der Waals surface area (Å²) in [6, 6.07) is 22.8. The van der Waals surface area contributed by atoms with E-state index in [1.165, 1.54) is 0 Å². The Morgan fingerprint density at radius 2 is 1.78 bits per heavy atom. The Kier molecular flexibility index (Phi) is 4.34. The molecule has 0 aliphatic heterocycles. The summed E-state index contributed by atoms with van der Waals surface area (Å²) in [5, 5.41) is 2.94.